The Morgan fingerprint density at radius 3 is 2.45 bits per heavy atom. The van der Waals surface area contributed by atoms with Gasteiger partial charge < -0.3 is 10.4 Å². The van der Waals surface area contributed by atoms with Crippen LogP contribution in [0.4, 0.5) is 5.69 Å². The van der Waals surface area contributed by atoms with Crippen molar-refractivity contribution in [1.82, 2.24) is 5.32 Å². The topological polar surface area (TPSA) is 104 Å². The summed E-state index contributed by atoms with van der Waals surface area (Å²) in [6.45, 7) is 0.746. The summed E-state index contributed by atoms with van der Waals surface area (Å²) in [5, 5.41) is 11.1. The highest BCUT2D eigenvalue weighted by atomic mass is 32.2. The Bertz CT molecular complexity index is 654. The van der Waals surface area contributed by atoms with Crippen molar-refractivity contribution in [3.63, 3.8) is 0 Å². The first-order valence-electron chi connectivity index (χ1n) is 7.00. The van der Waals surface area contributed by atoms with Crippen molar-refractivity contribution in [2.75, 3.05) is 23.1 Å². The van der Waals surface area contributed by atoms with E-state index in [4.69, 9.17) is 5.11 Å². The zero-order valence-electron chi connectivity index (χ0n) is 12.0. The summed E-state index contributed by atoms with van der Waals surface area (Å²) < 4.78 is 25.0. The second kappa shape index (κ2) is 6.78. The maximum absolute atomic E-state index is 11.9. The molecule has 0 spiro atoms. The van der Waals surface area contributed by atoms with Crippen LogP contribution in [0, 0.1) is 0 Å². The van der Waals surface area contributed by atoms with Crippen LogP contribution in [0.2, 0.25) is 0 Å². The van der Waals surface area contributed by atoms with Crippen molar-refractivity contribution in [2.24, 2.45) is 0 Å². The molecule has 1 aromatic carbocycles. The number of carbonyl (C=O) groups is 2. The van der Waals surface area contributed by atoms with Gasteiger partial charge in [0.15, 0.2) is 0 Å². The van der Waals surface area contributed by atoms with Gasteiger partial charge in [-0.25, -0.2) is 8.42 Å². The van der Waals surface area contributed by atoms with Gasteiger partial charge in [0, 0.05) is 25.1 Å². The van der Waals surface area contributed by atoms with Crippen molar-refractivity contribution in [1.29, 1.82) is 0 Å². The lowest BCUT2D eigenvalue weighted by Gasteiger charge is -2.17. The van der Waals surface area contributed by atoms with E-state index in [-0.39, 0.29) is 24.6 Å². The van der Waals surface area contributed by atoms with Crippen molar-refractivity contribution in [3.05, 3.63) is 29.8 Å². The Morgan fingerprint density at radius 2 is 1.91 bits per heavy atom. The summed E-state index contributed by atoms with van der Waals surface area (Å²) in [6.07, 6.45) is 0.978. The fourth-order valence-electron chi connectivity index (χ4n) is 2.25. The number of amides is 1. The van der Waals surface area contributed by atoms with E-state index in [0.717, 1.165) is 0 Å². The summed E-state index contributed by atoms with van der Waals surface area (Å²) in [5.74, 6) is -1.05. The van der Waals surface area contributed by atoms with Gasteiger partial charge in [0.05, 0.1) is 11.4 Å². The second-order valence-corrected chi connectivity index (χ2v) is 7.05. The van der Waals surface area contributed by atoms with Crippen molar-refractivity contribution >= 4 is 27.6 Å². The molecule has 120 valence electrons. The predicted octanol–water partition coefficient (Wildman–Crippen LogP) is 0.821. The number of anilines is 1. The van der Waals surface area contributed by atoms with Gasteiger partial charge in [-0.2, -0.15) is 0 Å². The molecule has 22 heavy (non-hydrogen) atoms. The molecule has 8 heteroatoms. The molecule has 0 aromatic heterocycles. The van der Waals surface area contributed by atoms with Gasteiger partial charge in [0.25, 0.3) is 5.91 Å². The molecule has 1 heterocycles. The summed E-state index contributed by atoms with van der Waals surface area (Å²) in [4.78, 5) is 22.2. The molecule has 0 saturated carbocycles. The highest BCUT2D eigenvalue weighted by Gasteiger charge is 2.28. The number of nitrogens with zero attached hydrogens (tertiary/aromatic N) is 1. The van der Waals surface area contributed by atoms with Gasteiger partial charge in [-0.15, -0.1) is 0 Å². The zero-order valence-corrected chi connectivity index (χ0v) is 12.8. The molecule has 1 aliphatic heterocycles. The summed E-state index contributed by atoms with van der Waals surface area (Å²) in [7, 11) is -3.22. The fraction of sp³-hybridized carbons (Fsp3) is 0.429. The number of sulfonamides is 1. The van der Waals surface area contributed by atoms with Crippen molar-refractivity contribution < 1.29 is 23.1 Å². The predicted molar refractivity (Wildman–Crippen MR) is 81.4 cm³/mol. The molecule has 0 bridgehead atoms. The smallest absolute Gasteiger partial charge is 0.303 e. The molecule has 1 aromatic rings. The molecular weight excluding hydrogens is 308 g/mol. The molecule has 2 rings (SSSR count). The number of carbonyl (C=O) groups excluding carboxylic acids is 1. The van der Waals surface area contributed by atoms with Gasteiger partial charge >= 0.3 is 5.97 Å². The van der Waals surface area contributed by atoms with Crippen LogP contribution in [0.1, 0.15) is 29.6 Å². The number of carboxylic acids is 1. The highest BCUT2D eigenvalue weighted by Crippen LogP contribution is 2.24. The van der Waals surface area contributed by atoms with Crippen LogP contribution in [0.5, 0.6) is 0 Å². The van der Waals surface area contributed by atoms with Gasteiger partial charge in [0.2, 0.25) is 10.0 Å². The summed E-state index contributed by atoms with van der Waals surface area (Å²) in [6, 6.07) is 6.34. The number of aliphatic carboxylic acids is 1. The van der Waals surface area contributed by atoms with Gasteiger partial charge in [-0.05, 0) is 37.1 Å². The first kappa shape index (κ1) is 16.3. The van der Waals surface area contributed by atoms with E-state index in [2.05, 4.69) is 5.32 Å². The lowest BCUT2D eigenvalue weighted by molar-refractivity contribution is -0.137. The van der Waals surface area contributed by atoms with Crippen molar-refractivity contribution in [3.8, 4) is 0 Å². The number of carboxylic acid groups (broad SMARTS) is 1. The van der Waals surface area contributed by atoms with E-state index in [9.17, 15) is 18.0 Å². The molecule has 1 aliphatic rings. The third-order valence-electron chi connectivity index (χ3n) is 3.37. The monoisotopic (exact) mass is 326 g/mol. The van der Waals surface area contributed by atoms with Crippen LogP contribution in [-0.4, -0.2) is 44.2 Å². The van der Waals surface area contributed by atoms with Gasteiger partial charge in [-0.3, -0.25) is 13.9 Å². The largest absolute Gasteiger partial charge is 0.481 e. The number of nitrogens with one attached hydrogen (secondary N) is 1. The van der Waals surface area contributed by atoms with Crippen LogP contribution in [-0.2, 0) is 14.8 Å². The van der Waals surface area contributed by atoms with Gasteiger partial charge in [0.1, 0.15) is 0 Å². The number of rotatable bonds is 6. The van der Waals surface area contributed by atoms with Crippen molar-refractivity contribution in [2.45, 2.75) is 19.3 Å². The van der Waals surface area contributed by atoms with Gasteiger partial charge in [-0.1, -0.05) is 0 Å². The van der Waals surface area contributed by atoms with E-state index >= 15 is 0 Å². The Balaban J connectivity index is 1.94. The summed E-state index contributed by atoms with van der Waals surface area (Å²) >= 11 is 0. The van der Waals surface area contributed by atoms with Crippen LogP contribution < -0.4 is 9.62 Å². The average Bonchev–Trinajstić information content (AvgIpc) is 2.83. The Labute approximate surface area is 129 Å². The minimum Gasteiger partial charge on any atom is -0.481 e. The second-order valence-electron chi connectivity index (χ2n) is 5.04. The Kier molecular flexibility index (Phi) is 5.02. The first-order valence-corrected chi connectivity index (χ1v) is 8.61. The average molecular weight is 326 g/mol. The SMILES string of the molecule is O=C(O)CCCNC(=O)c1ccc(N2CCCS2(=O)=O)cc1. The molecule has 7 nitrogen and oxygen atoms in total. The Hall–Kier alpha value is -2.09. The molecular formula is C14H18N2O5S. The zero-order chi connectivity index (χ0) is 16.2. The molecule has 0 aliphatic carbocycles. The van der Waals surface area contributed by atoms with E-state index < -0.39 is 16.0 Å². The summed E-state index contributed by atoms with van der Waals surface area (Å²) in [5.41, 5.74) is 0.968. The molecule has 0 atom stereocenters. The maximum Gasteiger partial charge on any atom is 0.303 e. The normalized spacial score (nSPS) is 16.5. The molecule has 0 unspecified atom stereocenters. The fourth-order valence-corrected chi connectivity index (χ4v) is 3.82. The lowest BCUT2D eigenvalue weighted by atomic mass is 10.2. The van der Waals surface area contributed by atoms with Crippen LogP contribution in [0.25, 0.3) is 0 Å². The third kappa shape index (κ3) is 3.97. The third-order valence-corrected chi connectivity index (χ3v) is 5.24. The van der Waals surface area contributed by atoms with E-state index in [0.29, 0.717) is 30.6 Å². The minimum atomic E-state index is -3.22. The maximum atomic E-state index is 11.9. The molecule has 2 N–H and O–H groups in total. The lowest BCUT2D eigenvalue weighted by Crippen LogP contribution is -2.26. The highest BCUT2D eigenvalue weighted by molar-refractivity contribution is 7.93. The molecule has 1 amide bonds. The first-order chi connectivity index (χ1) is 10.4. The van der Waals surface area contributed by atoms with E-state index in [1.807, 2.05) is 0 Å². The molecule has 0 radical (unpaired) electrons. The number of hydrogen-bond donors (Lipinski definition) is 2. The number of hydrogen-bond acceptors (Lipinski definition) is 4. The number of benzene rings is 1. The van der Waals surface area contributed by atoms with Crippen LogP contribution in [0.3, 0.4) is 0 Å². The van der Waals surface area contributed by atoms with E-state index in [1.54, 1.807) is 24.3 Å². The standard InChI is InChI=1S/C14H18N2O5S/c17-13(18)3-1-8-15-14(19)11-4-6-12(7-5-11)16-9-2-10-22(16,20)21/h4-7H,1-3,8-10H2,(H,15,19)(H,17,18). The minimum absolute atomic E-state index is 0.00599. The molecule has 1 fully saturated rings. The van der Waals surface area contributed by atoms with E-state index in [1.165, 1.54) is 4.31 Å². The van der Waals surface area contributed by atoms with Crippen LogP contribution in [0.15, 0.2) is 24.3 Å². The quantitative estimate of drug-likeness (QED) is 0.753. The molecule has 1 saturated heterocycles. The Morgan fingerprint density at radius 1 is 1.23 bits per heavy atom. The van der Waals surface area contributed by atoms with Crippen LogP contribution >= 0.6 is 0 Å².